The first-order valence-electron chi connectivity index (χ1n) is 13.6. The van der Waals surface area contributed by atoms with Crippen molar-refractivity contribution in [2.75, 3.05) is 31.1 Å². The van der Waals surface area contributed by atoms with E-state index in [1.165, 1.54) is 11.6 Å². The van der Waals surface area contributed by atoms with E-state index in [0.717, 1.165) is 59.0 Å². The molecular formula is C30H32N6O2. The number of amides is 1. The van der Waals surface area contributed by atoms with Crippen molar-refractivity contribution in [1.82, 2.24) is 19.7 Å². The van der Waals surface area contributed by atoms with E-state index in [1.807, 2.05) is 17.9 Å². The highest BCUT2D eigenvalue weighted by Gasteiger charge is 2.56. The topological polar surface area (TPSA) is 98.3 Å². The number of nitrogens with zero attached hydrogens (tertiary/aromatic N) is 6. The van der Waals surface area contributed by atoms with Crippen LogP contribution >= 0.6 is 0 Å². The fourth-order valence-corrected chi connectivity index (χ4v) is 7.60. The van der Waals surface area contributed by atoms with Crippen LogP contribution < -0.4 is 4.90 Å². The molecule has 1 N–H and O–H groups in total. The van der Waals surface area contributed by atoms with Crippen LogP contribution in [0.2, 0.25) is 0 Å². The van der Waals surface area contributed by atoms with Crippen molar-refractivity contribution in [2.24, 2.45) is 18.4 Å². The van der Waals surface area contributed by atoms with Crippen molar-refractivity contribution in [3.63, 3.8) is 0 Å². The summed E-state index contributed by atoms with van der Waals surface area (Å²) in [6, 6.07) is 6.59. The smallest absolute Gasteiger partial charge is 0.245 e. The van der Waals surface area contributed by atoms with Crippen LogP contribution in [0.4, 0.5) is 5.82 Å². The van der Waals surface area contributed by atoms with Crippen LogP contribution in [-0.2, 0) is 18.3 Å². The maximum atomic E-state index is 12.2. The van der Waals surface area contributed by atoms with Crippen molar-refractivity contribution >= 4 is 22.6 Å². The van der Waals surface area contributed by atoms with Gasteiger partial charge in [-0.2, -0.15) is 10.4 Å². The summed E-state index contributed by atoms with van der Waals surface area (Å²) in [5.74, 6) is 1.75. The Morgan fingerprint density at radius 1 is 1.34 bits per heavy atom. The molecule has 0 unspecified atom stereocenters. The number of aryl methyl sites for hydroxylation is 2. The summed E-state index contributed by atoms with van der Waals surface area (Å²) in [6.07, 6.45) is 7.30. The molecule has 1 aromatic carbocycles. The van der Waals surface area contributed by atoms with Gasteiger partial charge in [-0.3, -0.25) is 9.48 Å². The first-order valence-corrected chi connectivity index (χ1v) is 13.6. The highest BCUT2D eigenvalue weighted by Crippen LogP contribution is 2.57. The zero-order valence-electron chi connectivity index (χ0n) is 21.9. The molecule has 2 aliphatic heterocycles. The number of anilines is 1. The highest BCUT2D eigenvalue weighted by molar-refractivity contribution is 5.99. The van der Waals surface area contributed by atoms with Gasteiger partial charge in [-0.05, 0) is 55.7 Å². The molecule has 3 atom stereocenters. The minimum Gasteiger partial charge on any atom is -0.394 e. The van der Waals surface area contributed by atoms with E-state index < -0.39 is 0 Å². The summed E-state index contributed by atoms with van der Waals surface area (Å²) in [7, 11) is 1.96. The molecule has 4 aliphatic rings. The standard InChI is InChI=1S/C30H32N6O2/c1-4-24(38)35-15-30(16-35)9-10-36(23(30)14-37)29-22(12-31)26(20-8-7-18-11-21(18)27(20)33-29)25-17(2)5-6-19-13-32-34(3)28(19)25/h4-6,13,18,21,23,37H,1,7-11,14-16H2,2-3H3/t18-,21+,23+/m0/s1. The van der Waals surface area contributed by atoms with Crippen LogP contribution in [0.5, 0.6) is 0 Å². The third-order valence-corrected chi connectivity index (χ3v) is 9.70. The summed E-state index contributed by atoms with van der Waals surface area (Å²) in [4.78, 5) is 21.4. The molecule has 1 amide bonds. The minimum atomic E-state index is -0.200. The van der Waals surface area contributed by atoms with Gasteiger partial charge in [-0.1, -0.05) is 18.7 Å². The molecule has 2 aromatic heterocycles. The number of aliphatic hydroxyl groups is 1. The van der Waals surface area contributed by atoms with Crippen molar-refractivity contribution in [3.05, 3.63) is 53.4 Å². The quantitative estimate of drug-likeness (QED) is 0.542. The monoisotopic (exact) mass is 508 g/mol. The van der Waals surface area contributed by atoms with E-state index in [-0.39, 0.29) is 24.0 Å². The van der Waals surface area contributed by atoms with Crippen molar-refractivity contribution in [1.29, 1.82) is 5.26 Å². The molecule has 38 heavy (non-hydrogen) atoms. The lowest BCUT2D eigenvalue weighted by Crippen LogP contribution is -2.64. The second-order valence-electron chi connectivity index (χ2n) is 11.7. The van der Waals surface area contributed by atoms with Gasteiger partial charge in [0.1, 0.15) is 17.5 Å². The van der Waals surface area contributed by atoms with Gasteiger partial charge in [0.25, 0.3) is 0 Å². The van der Waals surface area contributed by atoms with Crippen LogP contribution in [-0.4, -0.2) is 63.0 Å². The Balaban J connectivity index is 1.43. The number of carbonyl (C=O) groups excluding carboxylic acids is 1. The molecule has 8 nitrogen and oxygen atoms in total. The molecule has 2 aliphatic carbocycles. The number of nitriles is 1. The van der Waals surface area contributed by atoms with Crippen LogP contribution in [0.1, 0.15) is 47.6 Å². The first-order chi connectivity index (χ1) is 18.4. The number of carbonyl (C=O) groups is 1. The number of hydrogen-bond donors (Lipinski definition) is 1. The third-order valence-electron chi connectivity index (χ3n) is 9.70. The summed E-state index contributed by atoms with van der Waals surface area (Å²) >= 11 is 0. The Morgan fingerprint density at radius 3 is 2.89 bits per heavy atom. The molecule has 194 valence electrons. The number of likely N-dealkylation sites (tertiary alicyclic amines) is 1. The fraction of sp³-hybridized carbons (Fsp3) is 0.467. The molecule has 7 rings (SSSR count). The van der Waals surface area contributed by atoms with Gasteiger partial charge < -0.3 is 14.9 Å². The Morgan fingerprint density at radius 2 is 2.16 bits per heavy atom. The SMILES string of the molecule is C=CC(=O)N1CC2(CCN(c3nc4c(c(-c5c(C)ccc6cnn(C)c56)c3C#N)CC[C@H]3C[C@@H]43)[C@@H]2CO)C1. The zero-order valence-corrected chi connectivity index (χ0v) is 21.9. The van der Waals surface area contributed by atoms with E-state index >= 15 is 0 Å². The summed E-state index contributed by atoms with van der Waals surface area (Å²) in [5, 5.41) is 27.0. The van der Waals surface area contributed by atoms with Crippen molar-refractivity contribution in [2.45, 2.75) is 44.6 Å². The van der Waals surface area contributed by atoms with Gasteiger partial charge in [0.2, 0.25) is 5.91 Å². The van der Waals surface area contributed by atoms with Crippen LogP contribution in [0.15, 0.2) is 31.0 Å². The summed E-state index contributed by atoms with van der Waals surface area (Å²) in [5.41, 5.74) is 6.96. The Kier molecular flexibility index (Phi) is 5.02. The number of aromatic nitrogens is 3. The molecule has 0 bridgehead atoms. The number of fused-ring (bicyclic) bond motifs is 4. The van der Waals surface area contributed by atoms with Crippen LogP contribution in [0.3, 0.4) is 0 Å². The van der Waals surface area contributed by atoms with Crippen molar-refractivity contribution in [3.8, 4) is 17.2 Å². The number of pyridine rings is 1. The fourth-order valence-electron chi connectivity index (χ4n) is 7.60. The number of hydrogen-bond acceptors (Lipinski definition) is 6. The number of benzene rings is 1. The normalized spacial score (nSPS) is 24.6. The zero-order chi connectivity index (χ0) is 26.3. The lowest BCUT2D eigenvalue weighted by Gasteiger charge is -2.51. The van der Waals surface area contributed by atoms with E-state index in [9.17, 15) is 15.2 Å². The highest BCUT2D eigenvalue weighted by atomic mass is 16.3. The predicted molar refractivity (Wildman–Crippen MR) is 145 cm³/mol. The average molecular weight is 509 g/mol. The van der Waals surface area contributed by atoms with Gasteiger partial charge in [-0.15, -0.1) is 0 Å². The number of rotatable bonds is 4. The largest absolute Gasteiger partial charge is 0.394 e. The number of aliphatic hydroxyl groups excluding tert-OH is 1. The predicted octanol–water partition coefficient (Wildman–Crippen LogP) is 3.45. The van der Waals surface area contributed by atoms with Gasteiger partial charge >= 0.3 is 0 Å². The van der Waals surface area contributed by atoms with Crippen LogP contribution in [0.25, 0.3) is 22.0 Å². The first kappa shape index (κ1) is 23.4. The van der Waals surface area contributed by atoms with Crippen LogP contribution in [0, 0.1) is 29.6 Å². The Labute approximate surface area is 222 Å². The van der Waals surface area contributed by atoms with Gasteiger partial charge in [-0.25, -0.2) is 4.98 Å². The maximum Gasteiger partial charge on any atom is 0.245 e. The van der Waals surface area contributed by atoms with E-state index in [1.54, 1.807) is 4.90 Å². The maximum absolute atomic E-state index is 12.2. The molecule has 3 fully saturated rings. The summed E-state index contributed by atoms with van der Waals surface area (Å²) < 4.78 is 1.91. The van der Waals surface area contributed by atoms with E-state index in [2.05, 4.69) is 41.7 Å². The molecule has 1 saturated carbocycles. The van der Waals surface area contributed by atoms with Gasteiger partial charge in [0.05, 0.1) is 30.1 Å². The second-order valence-corrected chi connectivity index (χ2v) is 11.7. The lowest BCUT2D eigenvalue weighted by molar-refractivity contribution is -0.138. The molecule has 3 aromatic rings. The molecule has 0 radical (unpaired) electrons. The molecular weight excluding hydrogens is 476 g/mol. The van der Waals surface area contributed by atoms with E-state index in [4.69, 9.17) is 4.98 Å². The average Bonchev–Trinajstić information content (AvgIpc) is 3.48. The van der Waals surface area contributed by atoms with Gasteiger partial charge in [0, 0.05) is 54.5 Å². The summed E-state index contributed by atoms with van der Waals surface area (Å²) in [6.45, 7) is 7.58. The van der Waals surface area contributed by atoms with E-state index in [0.29, 0.717) is 42.9 Å². The molecule has 8 heteroatoms. The second kappa shape index (κ2) is 8.15. The Bertz CT molecular complexity index is 1560. The molecule has 1 spiro atoms. The molecule has 4 heterocycles. The van der Waals surface area contributed by atoms with Gasteiger partial charge in [0.15, 0.2) is 0 Å². The minimum absolute atomic E-state index is 0.0442. The molecule has 2 saturated heterocycles. The lowest BCUT2D eigenvalue weighted by atomic mass is 9.73. The third kappa shape index (κ3) is 3.08. The Hall–Kier alpha value is -3.70. The van der Waals surface area contributed by atoms with Crippen molar-refractivity contribution < 1.29 is 9.90 Å².